The van der Waals surface area contributed by atoms with Crippen LogP contribution in [0.3, 0.4) is 0 Å². The van der Waals surface area contributed by atoms with Crippen molar-refractivity contribution in [2.24, 2.45) is 11.8 Å². The van der Waals surface area contributed by atoms with E-state index in [0.717, 1.165) is 25.0 Å². The monoisotopic (exact) mass is 391 g/mol. The number of carbonyl (C=O) groups excluding carboxylic acids is 1. The van der Waals surface area contributed by atoms with Crippen LogP contribution in [-0.4, -0.2) is 35.4 Å². The van der Waals surface area contributed by atoms with E-state index in [0.29, 0.717) is 28.1 Å². The molecule has 0 bridgehead atoms. The molecule has 3 atom stereocenters. The van der Waals surface area contributed by atoms with Gasteiger partial charge in [-0.25, -0.2) is 4.98 Å². The Bertz CT molecular complexity index is 1070. The van der Waals surface area contributed by atoms with Crippen molar-refractivity contribution >= 4 is 28.4 Å². The first kappa shape index (κ1) is 17.7. The van der Waals surface area contributed by atoms with Crippen molar-refractivity contribution in [1.82, 2.24) is 15.2 Å². The highest BCUT2D eigenvalue weighted by Crippen LogP contribution is 2.44. The molecular formula is C23H22ClN3O. The van der Waals surface area contributed by atoms with Crippen LogP contribution in [0.4, 0.5) is 0 Å². The van der Waals surface area contributed by atoms with Gasteiger partial charge in [0.1, 0.15) is 5.69 Å². The van der Waals surface area contributed by atoms with Crippen LogP contribution in [0.15, 0.2) is 54.6 Å². The van der Waals surface area contributed by atoms with Crippen molar-refractivity contribution in [1.29, 1.82) is 0 Å². The molecule has 3 heterocycles. The third-order valence-electron chi connectivity index (χ3n) is 6.22. The molecule has 2 saturated heterocycles. The summed E-state index contributed by atoms with van der Waals surface area (Å²) >= 11 is 6.32. The van der Waals surface area contributed by atoms with E-state index in [2.05, 4.69) is 41.5 Å². The Balaban J connectivity index is 1.56. The summed E-state index contributed by atoms with van der Waals surface area (Å²) in [6, 6.07) is 17.9. The molecule has 5 heteroatoms. The van der Waals surface area contributed by atoms with Gasteiger partial charge in [-0.1, -0.05) is 54.1 Å². The van der Waals surface area contributed by atoms with Gasteiger partial charge in [-0.15, -0.1) is 0 Å². The minimum atomic E-state index is -0.00975. The zero-order valence-corrected chi connectivity index (χ0v) is 16.5. The quantitative estimate of drug-likeness (QED) is 0.711. The van der Waals surface area contributed by atoms with Crippen LogP contribution in [0.2, 0.25) is 5.02 Å². The number of carbonyl (C=O) groups is 1. The van der Waals surface area contributed by atoms with E-state index < -0.39 is 0 Å². The highest BCUT2D eigenvalue weighted by atomic mass is 35.5. The van der Waals surface area contributed by atoms with E-state index in [4.69, 9.17) is 11.6 Å². The number of halogens is 1. The summed E-state index contributed by atoms with van der Waals surface area (Å²) in [5.41, 5.74) is 3.62. The van der Waals surface area contributed by atoms with Crippen LogP contribution >= 0.6 is 11.6 Å². The average molecular weight is 392 g/mol. The van der Waals surface area contributed by atoms with Gasteiger partial charge in [0.05, 0.1) is 16.6 Å². The fraction of sp³-hybridized carbons (Fsp3) is 0.304. The van der Waals surface area contributed by atoms with Crippen molar-refractivity contribution in [3.05, 3.63) is 76.4 Å². The SMILES string of the molecule is Cc1ccccc1[C@@H]1[C@H]2CNC[C@H]2CN1C(=O)c1ccc2cccc(Cl)c2n1. The van der Waals surface area contributed by atoms with Crippen LogP contribution < -0.4 is 5.32 Å². The third-order valence-corrected chi connectivity index (χ3v) is 6.53. The minimum Gasteiger partial charge on any atom is -0.330 e. The van der Waals surface area contributed by atoms with Gasteiger partial charge in [-0.2, -0.15) is 0 Å². The van der Waals surface area contributed by atoms with Crippen molar-refractivity contribution in [3.8, 4) is 0 Å². The molecule has 0 aliphatic carbocycles. The maximum absolute atomic E-state index is 13.5. The van der Waals surface area contributed by atoms with Crippen molar-refractivity contribution in [3.63, 3.8) is 0 Å². The zero-order valence-electron chi connectivity index (χ0n) is 15.7. The van der Waals surface area contributed by atoms with Crippen LogP contribution in [-0.2, 0) is 0 Å². The lowest BCUT2D eigenvalue weighted by Crippen LogP contribution is -2.35. The number of fused-ring (bicyclic) bond motifs is 2. The number of nitrogens with zero attached hydrogens (tertiary/aromatic N) is 2. The minimum absolute atomic E-state index is 0.00975. The largest absolute Gasteiger partial charge is 0.330 e. The molecular weight excluding hydrogens is 370 g/mol. The molecule has 0 spiro atoms. The maximum atomic E-state index is 13.5. The number of likely N-dealkylation sites (tertiary alicyclic amines) is 1. The second-order valence-electron chi connectivity index (χ2n) is 7.85. The molecule has 3 aromatic rings. The van der Waals surface area contributed by atoms with Crippen LogP contribution in [0, 0.1) is 18.8 Å². The number of benzene rings is 2. The highest BCUT2D eigenvalue weighted by Gasteiger charge is 2.47. The number of hydrogen-bond acceptors (Lipinski definition) is 3. The smallest absolute Gasteiger partial charge is 0.273 e. The summed E-state index contributed by atoms with van der Waals surface area (Å²) in [4.78, 5) is 20.2. The van der Waals surface area contributed by atoms with Gasteiger partial charge >= 0.3 is 0 Å². The van der Waals surface area contributed by atoms with Gasteiger partial charge in [0.15, 0.2) is 0 Å². The predicted octanol–water partition coefficient (Wildman–Crippen LogP) is 4.23. The lowest BCUT2D eigenvalue weighted by molar-refractivity contribution is 0.0708. The van der Waals surface area contributed by atoms with Gasteiger partial charge in [-0.05, 0) is 36.1 Å². The van der Waals surface area contributed by atoms with Crippen molar-refractivity contribution in [2.75, 3.05) is 19.6 Å². The summed E-state index contributed by atoms with van der Waals surface area (Å²) in [5, 5.41) is 5.02. The van der Waals surface area contributed by atoms with Crippen LogP contribution in [0.5, 0.6) is 0 Å². The maximum Gasteiger partial charge on any atom is 0.273 e. The molecule has 2 aromatic carbocycles. The van der Waals surface area contributed by atoms with E-state index in [9.17, 15) is 4.79 Å². The Kier molecular flexibility index (Phi) is 4.33. The van der Waals surface area contributed by atoms with E-state index in [-0.39, 0.29) is 11.9 Å². The molecule has 142 valence electrons. The van der Waals surface area contributed by atoms with Crippen LogP contribution in [0.25, 0.3) is 10.9 Å². The van der Waals surface area contributed by atoms with Gasteiger partial charge in [0.25, 0.3) is 5.91 Å². The first-order valence-corrected chi connectivity index (χ1v) is 10.1. The lowest BCUT2D eigenvalue weighted by atomic mass is 9.87. The molecule has 4 nitrogen and oxygen atoms in total. The molecule has 1 aromatic heterocycles. The third kappa shape index (κ3) is 2.79. The van der Waals surface area contributed by atoms with Gasteiger partial charge in [0, 0.05) is 30.9 Å². The number of aromatic nitrogens is 1. The van der Waals surface area contributed by atoms with Gasteiger partial charge in [-0.3, -0.25) is 4.79 Å². The van der Waals surface area contributed by atoms with Gasteiger partial charge < -0.3 is 10.2 Å². The number of para-hydroxylation sites is 1. The summed E-state index contributed by atoms with van der Waals surface area (Å²) in [6.45, 7) is 4.80. The Morgan fingerprint density at radius 2 is 1.96 bits per heavy atom. The molecule has 0 saturated carbocycles. The Morgan fingerprint density at radius 1 is 1.11 bits per heavy atom. The topological polar surface area (TPSA) is 45.2 Å². The second kappa shape index (κ2) is 6.87. The molecule has 2 aliphatic heterocycles. The molecule has 0 radical (unpaired) electrons. The molecule has 2 aliphatic rings. The Morgan fingerprint density at radius 3 is 2.82 bits per heavy atom. The molecule has 2 fully saturated rings. The van der Waals surface area contributed by atoms with Crippen LogP contribution in [0.1, 0.15) is 27.7 Å². The van der Waals surface area contributed by atoms with E-state index in [1.807, 2.05) is 35.2 Å². The summed E-state index contributed by atoms with van der Waals surface area (Å²) in [6.07, 6.45) is 0. The van der Waals surface area contributed by atoms with E-state index in [1.165, 1.54) is 11.1 Å². The molecule has 0 unspecified atom stereocenters. The number of nitrogens with one attached hydrogen (secondary N) is 1. The standard InChI is InChI=1S/C23H22ClN3O/c1-14-5-2-3-7-17(14)22-18-12-25-11-16(18)13-27(22)23(28)20-10-9-15-6-4-8-19(24)21(15)26-20/h2-10,16,18,22,25H,11-13H2,1H3/t16-,18-,22+/m0/s1. The lowest BCUT2D eigenvalue weighted by Gasteiger charge is -2.29. The van der Waals surface area contributed by atoms with E-state index in [1.54, 1.807) is 0 Å². The Labute approximate surface area is 169 Å². The van der Waals surface area contributed by atoms with E-state index >= 15 is 0 Å². The first-order chi connectivity index (χ1) is 13.6. The van der Waals surface area contributed by atoms with Crippen molar-refractivity contribution < 1.29 is 4.79 Å². The molecule has 1 amide bonds. The molecule has 28 heavy (non-hydrogen) atoms. The number of amides is 1. The summed E-state index contributed by atoms with van der Waals surface area (Å²) < 4.78 is 0. The fourth-order valence-corrected chi connectivity index (χ4v) is 5.05. The number of rotatable bonds is 2. The molecule has 5 rings (SSSR count). The first-order valence-electron chi connectivity index (χ1n) is 9.76. The summed E-state index contributed by atoms with van der Waals surface area (Å²) in [5.74, 6) is 0.913. The molecule has 1 N–H and O–H groups in total. The summed E-state index contributed by atoms with van der Waals surface area (Å²) in [7, 11) is 0. The number of pyridine rings is 1. The Hall–Kier alpha value is -2.43. The zero-order chi connectivity index (χ0) is 19.3. The second-order valence-corrected chi connectivity index (χ2v) is 8.26. The predicted molar refractivity (Wildman–Crippen MR) is 112 cm³/mol. The fourth-order valence-electron chi connectivity index (χ4n) is 4.82. The number of hydrogen-bond donors (Lipinski definition) is 1. The highest BCUT2D eigenvalue weighted by molar-refractivity contribution is 6.35. The number of aryl methyl sites for hydroxylation is 1. The normalized spacial score (nSPS) is 23.9. The van der Waals surface area contributed by atoms with Crippen molar-refractivity contribution in [2.45, 2.75) is 13.0 Å². The average Bonchev–Trinajstić information content (AvgIpc) is 3.29. The van der Waals surface area contributed by atoms with Gasteiger partial charge in [0.2, 0.25) is 0 Å².